The molecule has 1 aromatic carbocycles. The van der Waals surface area contributed by atoms with Gasteiger partial charge in [-0.15, -0.1) is 0 Å². The Morgan fingerprint density at radius 3 is 2.55 bits per heavy atom. The molecule has 6 heteroatoms. The number of nitrogens with zero attached hydrogens (tertiary/aromatic N) is 3. The predicted molar refractivity (Wildman–Crippen MR) is 80.5 cm³/mol. The van der Waals surface area contributed by atoms with Crippen LogP contribution in [-0.2, 0) is 9.53 Å². The van der Waals surface area contributed by atoms with Crippen molar-refractivity contribution in [3.05, 3.63) is 41.1 Å². The van der Waals surface area contributed by atoms with Gasteiger partial charge in [0.05, 0.1) is 7.11 Å². The summed E-state index contributed by atoms with van der Waals surface area (Å²) >= 11 is 3.50. The van der Waals surface area contributed by atoms with Crippen LogP contribution in [0.1, 0.15) is 0 Å². The summed E-state index contributed by atoms with van der Waals surface area (Å²) in [6.07, 6.45) is 3.46. The average molecular weight is 336 g/mol. The minimum atomic E-state index is -0.328. The fourth-order valence-electron chi connectivity index (χ4n) is 1.68. The van der Waals surface area contributed by atoms with Gasteiger partial charge in [-0.1, -0.05) is 34.1 Å². The fraction of sp³-hybridized carbons (Fsp3) is 0.214. The van der Waals surface area contributed by atoms with E-state index in [1.54, 1.807) is 24.3 Å². The zero-order valence-electron chi connectivity index (χ0n) is 11.2. The van der Waals surface area contributed by atoms with Gasteiger partial charge in [-0.2, -0.15) is 0 Å². The predicted octanol–water partition coefficient (Wildman–Crippen LogP) is 2.52. The summed E-state index contributed by atoms with van der Waals surface area (Å²) < 4.78 is 5.59. The number of hydrogen-bond donors (Lipinski definition) is 0. The van der Waals surface area contributed by atoms with Gasteiger partial charge < -0.3 is 9.64 Å². The lowest BCUT2D eigenvalue weighted by Crippen LogP contribution is -2.27. The van der Waals surface area contributed by atoms with Crippen molar-refractivity contribution in [2.45, 2.75) is 0 Å². The van der Waals surface area contributed by atoms with Gasteiger partial charge in [-0.25, -0.2) is 9.97 Å². The molecule has 0 aliphatic carbocycles. The lowest BCUT2D eigenvalue weighted by atomic mass is 10.1. The van der Waals surface area contributed by atoms with Crippen molar-refractivity contribution < 1.29 is 9.53 Å². The van der Waals surface area contributed by atoms with Gasteiger partial charge >= 0.3 is 5.97 Å². The molecule has 104 valence electrons. The lowest BCUT2D eigenvalue weighted by molar-refractivity contribution is -0.138. The van der Waals surface area contributed by atoms with E-state index < -0.39 is 0 Å². The topological polar surface area (TPSA) is 55.3 Å². The van der Waals surface area contributed by atoms with Gasteiger partial charge in [0.1, 0.15) is 6.54 Å². The molecule has 0 aliphatic rings. The van der Waals surface area contributed by atoms with Crippen LogP contribution in [0.5, 0.6) is 0 Å². The van der Waals surface area contributed by atoms with Crippen molar-refractivity contribution in [2.75, 3.05) is 25.6 Å². The molecule has 0 spiro atoms. The van der Waals surface area contributed by atoms with Crippen molar-refractivity contribution in [2.24, 2.45) is 0 Å². The van der Waals surface area contributed by atoms with Gasteiger partial charge in [0, 0.05) is 29.5 Å². The Labute approximate surface area is 125 Å². The van der Waals surface area contributed by atoms with E-state index >= 15 is 0 Å². The molecule has 0 saturated carbocycles. The summed E-state index contributed by atoms with van der Waals surface area (Å²) in [6.45, 7) is 0.116. The van der Waals surface area contributed by atoms with Gasteiger partial charge in [-0.05, 0) is 11.6 Å². The van der Waals surface area contributed by atoms with Crippen LogP contribution in [0.3, 0.4) is 0 Å². The van der Waals surface area contributed by atoms with Crippen molar-refractivity contribution in [1.29, 1.82) is 0 Å². The van der Waals surface area contributed by atoms with Crippen LogP contribution >= 0.6 is 15.9 Å². The summed E-state index contributed by atoms with van der Waals surface area (Å²) in [5.74, 6) is 0.150. The normalized spacial score (nSPS) is 10.2. The molecule has 1 aromatic heterocycles. The maximum Gasteiger partial charge on any atom is 0.325 e. The summed E-state index contributed by atoms with van der Waals surface area (Å²) in [6, 6.07) is 7.86. The molecule has 0 bridgehead atoms. The largest absolute Gasteiger partial charge is 0.468 e. The number of carbonyl (C=O) groups is 1. The van der Waals surface area contributed by atoms with E-state index in [1.807, 2.05) is 24.3 Å². The van der Waals surface area contributed by atoms with Crippen LogP contribution in [0.15, 0.2) is 41.1 Å². The second kappa shape index (κ2) is 6.47. The van der Waals surface area contributed by atoms with Crippen molar-refractivity contribution in [1.82, 2.24) is 9.97 Å². The molecule has 0 radical (unpaired) electrons. The maximum atomic E-state index is 11.2. The Hall–Kier alpha value is -1.95. The highest BCUT2D eigenvalue weighted by atomic mass is 79.9. The first-order valence-electron chi connectivity index (χ1n) is 5.96. The smallest absolute Gasteiger partial charge is 0.325 e. The van der Waals surface area contributed by atoms with Crippen LogP contribution in [-0.4, -0.2) is 36.6 Å². The lowest BCUT2D eigenvalue weighted by Gasteiger charge is -2.15. The highest BCUT2D eigenvalue weighted by Crippen LogP contribution is 2.27. The maximum absolute atomic E-state index is 11.2. The third-order valence-corrected chi connectivity index (χ3v) is 3.45. The standard InChI is InChI=1S/C14H14BrN3O2/c1-18(9-13(19)20-2)14-16-7-10(8-17-14)11-5-3-4-6-12(11)15/h3-8H,9H2,1-2H3. The summed E-state index contributed by atoms with van der Waals surface area (Å²) in [5.41, 5.74) is 1.93. The van der Waals surface area contributed by atoms with E-state index in [1.165, 1.54) is 7.11 Å². The number of anilines is 1. The van der Waals surface area contributed by atoms with E-state index in [4.69, 9.17) is 0 Å². The Morgan fingerprint density at radius 1 is 1.30 bits per heavy atom. The van der Waals surface area contributed by atoms with E-state index in [9.17, 15) is 4.79 Å². The molecule has 0 fully saturated rings. The van der Waals surface area contributed by atoms with Gasteiger partial charge in [0.2, 0.25) is 5.95 Å². The fourth-order valence-corrected chi connectivity index (χ4v) is 2.20. The molecular formula is C14H14BrN3O2. The molecule has 20 heavy (non-hydrogen) atoms. The molecule has 0 N–H and O–H groups in total. The Kier molecular flexibility index (Phi) is 4.68. The minimum absolute atomic E-state index is 0.116. The number of methoxy groups -OCH3 is 1. The van der Waals surface area contributed by atoms with Crippen LogP contribution in [0.4, 0.5) is 5.95 Å². The molecule has 0 atom stereocenters. The quantitative estimate of drug-likeness (QED) is 0.803. The number of aromatic nitrogens is 2. The monoisotopic (exact) mass is 335 g/mol. The third kappa shape index (κ3) is 3.33. The number of likely N-dealkylation sites (N-methyl/N-ethyl adjacent to an activating group) is 1. The highest BCUT2D eigenvalue weighted by Gasteiger charge is 2.10. The van der Waals surface area contributed by atoms with Crippen molar-refractivity contribution >= 4 is 27.8 Å². The van der Waals surface area contributed by atoms with Crippen molar-refractivity contribution in [3.8, 4) is 11.1 Å². The summed E-state index contributed by atoms with van der Waals surface area (Å²) in [5, 5.41) is 0. The second-order valence-electron chi connectivity index (χ2n) is 4.18. The molecule has 5 nitrogen and oxygen atoms in total. The SMILES string of the molecule is COC(=O)CN(C)c1ncc(-c2ccccc2Br)cn1. The number of esters is 1. The van der Waals surface area contributed by atoms with Crippen LogP contribution in [0.25, 0.3) is 11.1 Å². The third-order valence-electron chi connectivity index (χ3n) is 2.76. The van der Waals surface area contributed by atoms with Gasteiger partial charge in [-0.3, -0.25) is 4.79 Å². The molecular weight excluding hydrogens is 322 g/mol. The first-order chi connectivity index (χ1) is 9.61. The first kappa shape index (κ1) is 14.5. The Morgan fingerprint density at radius 2 is 1.95 bits per heavy atom. The number of ether oxygens (including phenoxy) is 1. The van der Waals surface area contributed by atoms with E-state index in [-0.39, 0.29) is 12.5 Å². The number of benzene rings is 1. The van der Waals surface area contributed by atoms with E-state index in [2.05, 4.69) is 30.6 Å². The number of carbonyl (C=O) groups excluding carboxylic acids is 1. The van der Waals surface area contributed by atoms with Crippen LogP contribution < -0.4 is 4.90 Å². The molecule has 0 saturated heterocycles. The Balaban J connectivity index is 2.18. The molecule has 0 aliphatic heterocycles. The molecule has 0 amide bonds. The number of hydrogen-bond acceptors (Lipinski definition) is 5. The zero-order valence-corrected chi connectivity index (χ0v) is 12.8. The second-order valence-corrected chi connectivity index (χ2v) is 5.04. The highest BCUT2D eigenvalue weighted by molar-refractivity contribution is 9.10. The summed E-state index contributed by atoms with van der Waals surface area (Å²) in [7, 11) is 3.09. The van der Waals surface area contributed by atoms with E-state index in [0.717, 1.165) is 15.6 Å². The zero-order chi connectivity index (χ0) is 14.5. The average Bonchev–Trinajstić information content (AvgIpc) is 2.47. The van der Waals surface area contributed by atoms with Crippen LogP contribution in [0, 0.1) is 0 Å². The van der Waals surface area contributed by atoms with E-state index in [0.29, 0.717) is 5.95 Å². The number of rotatable bonds is 4. The van der Waals surface area contributed by atoms with Gasteiger partial charge in [0.25, 0.3) is 0 Å². The molecule has 2 aromatic rings. The molecule has 2 rings (SSSR count). The summed E-state index contributed by atoms with van der Waals surface area (Å²) in [4.78, 5) is 21.4. The number of halogens is 1. The first-order valence-corrected chi connectivity index (χ1v) is 6.76. The molecule has 1 heterocycles. The van der Waals surface area contributed by atoms with Crippen molar-refractivity contribution in [3.63, 3.8) is 0 Å². The van der Waals surface area contributed by atoms with Gasteiger partial charge in [0.15, 0.2) is 0 Å². The minimum Gasteiger partial charge on any atom is -0.468 e. The molecule has 0 unspecified atom stereocenters. The Bertz CT molecular complexity index is 602. The van der Waals surface area contributed by atoms with Crippen LogP contribution in [0.2, 0.25) is 0 Å².